The minimum atomic E-state index is -0.157. The number of halogens is 1. The van der Waals surface area contributed by atoms with Crippen LogP contribution in [0.1, 0.15) is 29.0 Å². The molecule has 3 rings (SSSR count). The van der Waals surface area contributed by atoms with E-state index in [0.717, 1.165) is 12.8 Å². The highest BCUT2D eigenvalue weighted by molar-refractivity contribution is 5.41. The molecule has 2 aromatic rings. The first kappa shape index (κ1) is 13.8. The van der Waals surface area contributed by atoms with Crippen LogP contribution >= 0.6 is 0 Å². The number of rotatable bonds is 1. The maximum atomic E-state index is 12.9. The van der Waals surface area contributed by atoms with Crippen molar-refractivity contribution in [3.05, 3.63) is 71.0 Å². The van der Waals surface area contributed by atoms with Crippen LogP contribution in [0.2, 0.25) is 0 Å². The molecule has 0 heterocycles. The normalized spacial score (nSPS) is 16.5. The van der Waals surface area contributed by atoms with E-state index >= 15 is 0 Å². The van der Waals surface area contributed by atoms with Crippen molar-refractivity contribution in [2.24, 2.45) is 0 Å². The molecule has 0 aliphatic heterocycles. The van der Waals surface area contributed by atoms with E-state index < -0.39 is 0 Å². The van der Waals surface area contributed by atoms with Gasteiger partial charge in [-0.1, -0.05) is 36.4 Å². The predicted molar refractivity (Wildman–Crippen MR) is 78.0 cm³/mol. The van der Waals surface area contributed by atoms with Crippen molar-refractivity contribution < 1.29 is 4.39 Å². The number of hydrogen-bond donors (Lipinski definition) is 1. The SMILES string of the molecule is CNC.Fc1ccc(C2CCc3ccccc32)cc1. The molecule has 1 unspecified atom stereocenters. The van der Waals surface area contributed by atoms with Crippen molar-refractivity contribution >= 4 is 0 Å². The summed E-state index contributed by atoms with van der Waals surface area (Å²) in [6, 6.07) is 15.5. The Kier molecular flexibility index (Phi) is 4.69. The fourth-order valence-corrected chi connectivity index (χ4v) is 2.60. The summed E-state index contributed by atoms with van der Waals surface area (Å²) in [6.45, 7) is 0. The van der Waals surface area contributed by atoms with Crippen LogP contribution in [0.3, 0.4) is 0 Å². The first-order chi connectivity index (χ1) is 9.26. The average Bonchev–Trinajstić information content (AvgIpc) is 2.85. The smallest absolute Gasteiger partial charge is 0.123 e. The van der Waals surface area contributed by atoms with Gasteiger partial charge in [0.2, 0.25) is 0 Å². The Morgan fingerprint density at radius 2 is 1.63 bits per heavy atom. The molecule has 0 aromatic heterocycles. The van der Waals surface area contributed by atoms with Crippen LogP contribution < -0.4 is 5.32 Å². The van der Waals surface area contributed by atoms with Crippen LogP contribution in [0.4, 0.5) is 4.39 Å². The van der Waals surface area contributed by atoms with Gasteiger partial charge < -0.3 is 5.32 Å². The lowest BCUT2D eigenvalue weighted by molar-refractivity contribution is 0.626. The third-order valence-electron chi connectivity index (χ3n) is 3.41. The third-order valence-corrected chi connectivity index (χ3v) is 3.41. The van der Waals surface area contributed by atoms with Gasteiger partial charge in [0.25, 0.3) is 0 Å². The van der Waals surface area contributed by atoms with Crippen molar-refractivity contribution in [2.45, 2.75) is 18.8 Å². The number of hydrogen-bond acceptors (Lipinski definition) is 1. The number of benzene rings is 2. The highest BCUT2D eigenvalue weighted by atomic mass is 19.1. The van der Waals surface area contributed by atoms with Crippen LogP contribution in [-0.2, 0) is 6.42 Å². The van der Waals surface area contributed by atoms with Gasteiger partial charge in [-0.05, 0) is 55.8 Å². The summed E-state index contributed by atoms with van der Waals surface area (Å²) in [4.78, 5) is 0. The summed E-state index contributed by atoms with van der Waals surface area (Å²) in [7, 11) is 3.75. The molecular weight excluding hydrogens is 237 g/mol. The summed E-state index contributed by atoms with van der Waals surface area (Å²) in [5.74, 6) is 0.298. The first-order valence-electron chi connectivity index (χ1n) is 6.68. The minimum Gasteiger partial charge on any atom is -0.323 e. The summed E-state index contributed by atoms with van der Waals surface area (Å²) in [6.07, 6.45) is 2.28. The number of fused-ring (bicyclic) bond motifs is 1. The van der Waals surface area contributed by atoms with E-state index in [1.807, 2.05) is 26.2 Å². The summed E-state index contributed by atoms with van der Waals surface area (Å²) in [5, 5.41) is 2.75. The Morgan fingerprint density at radius 3 is 2.32 bits per heavy atom. The zero-order valence-electron chi connectivity index (χ0n) is 11.5. The van der Waals surface area contributed by atoms with Crippen LogP contribution in [0.15, 0.2) is 48.5 Å². The van der Waals surface area contributed by atoms with Crippen molar-refractivity contribution in [3.8, 4) is 0 Å². The van der Waals surface area contributed by atoms with Crippen LogP contribution in [0.25, 0.3) is 0 Å². The second-order valence-corrected chi connectivity index (χ2v) is 4.84. The lowest BCUT2D eigenvalue weighted by Crippen LogP contribution is -1.95. The second kappa shape index (κ2) is 6.48. The van der Waals surface area contributed by atoms with Crippen LogP contribution in [0.5, 0.6) is 0 Å². The van der Waals surface area contributed by atoms with E-state index in [9.17, 15) is 4.39 Å². The molecule has 1 N–H and O–H groups in total. The maximum Gasteiger partial charge on any atom is 0.123 e. The Balaban J connectivity index is 0.000000408. The molecule has 0 radical (unpaired) electrons. The Labute approximate surface area is 114 Å². The van der Waals surface area contributed by atoms with Gasteiger partial charge in [0, 0.05) is 5.92 Å². The zero-order chi connectivity index (χ0) is 13.7. The molecular formula is C17H20FN. The summed E-state index contributed by atoms with van der Waals surface area (Å²) < 4.78 is 12.9. The van der Waals surface area contributed by atoms with Gasteiger partial charge in [-0.3, -0.25) is 0 Å². The molecule has 0 fully saturated rings. The fourth-order valence-electron chi connectivity index (χ4n) is 2.60. The van der Waals surface area contributed by atoms with Gasteiger partial charge in [0.1, 0.15) is 5.82 Å². The van der Waals surface area contributed by atoms with Crippen LogP contribution in [0, 0.1) is 5.82 Å². The monoisotopic (exact) mass is 257 g/mol. The molecule has 0 bridgehead atoms. The van der Waals surface area contributed by atoms with Gasteiger partial charge in [0.05, 0.1) is 0 Å². The van der Waals surface area contributed by atoms with E-state index in [4.69, 9.17) is 0 Å². The topological polar surface area (TPSA) is 12.0 Å². The Hall–Kier alpha value is -1.67. The predicted octanol–water partition coefficient (Wildman–Crippen LogP) is 3.74. The lowest BCUT2D eigenvalue weighted by Gasteiger charge is -2.11. The quantitative estimate of drug-likeness (QED) is 0.820. The minimum absolute atomic E-state index is 0.157. The number of aryl methyl sites for hydroxylation is 1. The van der Waals surface area contributed by atoms with E-state index in [0.29, 0.717) is 5.92 Å². The molecule has 1 aliphatic carbocycles. The summed E-state index contributed by atoms with van der Waals surface area (Å²) in [5.41, 5.74) is 4.08. The van der Waals surface area contributed by atoms with Crippen molar-refractivity contribution in [1.29, 1.82) is 0 Å². The zero-order valence-corrected chi connectivity index (χ0v) is 11.5. The van der Waals surface area contributed by atoms with E-state index in [-0.39, 0.29) is 5.82 Å². The lowest BCUT2D eigenvalue weighted by atomic mass is 9.93. The first-order valence-corrected chi connectivity index (χ1v) is 6.68. The largest absolute Gasteiger partial charge is 0.323 e. The summed E-state index contributed by atoms with van der Waals surface area (Å²) >= 11 is 0. The molecule has 1 nitrogen and oxygen atoms in total. The molecule has 0 amide bonds. The molecule has 1 aliphatic rings. The number of nitrogens with one attached hydrogen (secondary N) is 1. The average molecular weight is 257 g/mol. The van der Waals surface area contributed by atoms with Crippen molar-refractivity contribution in [2.75, 3.05) is 14.1 Å². The molecule has 0 saturated heterocycles. The molecule has 2 heteroatoms. The molecule has 1 atom stereocenters. The fraction of sp³-hybridized carbons (Fsp3) is 0.294. The highest BCUT2D eigenvalue weighted by Crippen LogP contribution is 2.37. The van der Waals surface area contributed by atoms with Gasteiger partial charge in [-0.2, -0.15) is 0 Å². The second-order valence-electron chi connectivity index (χ2n) is 4.84. The van der Waals surface area contributed by atoms with E-state index in [2.05, 4.69) is 29.6 Å². The Bertz CT molecular complexity index is 519. The van der Waals surface area contributed by atoms with Gasteiger partial charge in [-0.15, -0.1) is 0 Å². The van der Waals surface area contributed by atoms with E-state index in [1.54, 1.807) is 12.1 Å². The van der Waals surface area contributed by atoms with E-state index in [1.165, 1.54) is 16.7 Å². The van der Waals surface area contributed by atoms with Gasteiger partial charge >= 0.3 is 0 Å². The maximum absolute atomic E-state index is 12.9. The van der Waals surface area contributed by atoms with Crippen LogP contribution in [-0.4, -0.2) is 14.1 Å². The van der Waals surface area contributed by atoms with Gasteiger partial charge in [0.15, 0.2) is 0 Å². The third kappa shape index (κ3) is 3.21. The molecule has 0 saturated carbocycles. The molecule has 2 aromatic carbocycles. The highest BCUT2D eigenvalue weighted by Gasteiger charge is 2.22. The Morgan fingerprint density at radius 1 is 1.00 bits per heavy atom. The molecule has 19 heavy (non-hydrogen) atoms. The van der Waals surface area contributed by atoms with Crippen molar-refractivity contribution in [1.82, 2.24) is 5.32 Å². The molecule has 0 spiro atoms. The van der Waals surface area contributed by atoms with Gasteiger partial charge in [-0.25, -0.2) is 4.39 Å². The standard InChI is InChI=1S/C15H13F.C2H7N/c16-13-8-5-12(6-9-13)15-10-7-11-3-1-2-4-14(11)15;1-3-2/h1-6,8-9,15H,7,10H2;3H,1-2H3. The van der Waals surface area contributed by atoms with Crippen molar-refractivity contribution in [3.63, 3.8) is 0 Å². The molecule has 100 valence electrons.